The van der Waals surface area contributed by atoms with Gasteiger partial charge in [-0.25, -0.2) is 4.98 Å². The molecule has 0 bridgehead atoms. The van der Waals surface area contributed by atoms with E-state index >= 15 is 0 Å². The van der Waals surface area contributed by atoms with Crippen LogP contribution < -0.4 is 5.73 Å². The zero-order valence-corrected chi connectivity index (χ0v) is 10.0. The summed E-state index contributed by atoms with van der Waals surface area (Å²) in [5.41, 5.74) is 7.54. The molecule has 2 atom stereocenters. The van der Waals surface area contributed by atoms with Crippen molar-refractivity contribution in [2.24, 2.45) is 11.7 Å². The number of nitrogens with zero attached hydrogens (tertiary/aromatic N) is 1. The first kappa shape index (κ1) is 9.79. The SMILES string of the molecule is CC1CC1c1nc(CC2(N)CCC2)cs1. The Bertz CT molecular complexity index is 367. The summed E-state index contributed by atoms with van der Waals surface area (Å²) in [4.78, 5) is 4.73. The lowest BCUT2D eigenvalue weighted by atomic mass is 9.75. The molecule has 1 aromatic heterocycles. The van der Waals surface area contributed by atoms with Crippen LogP contribution in [-0.4, -0.2) is 10.5 Å². The van der Waals surface area contributed by atoms with Gasteiger partial charge in [-0.3, -0.25) is 0 Å². The van der Waals surface area contributed by atoms with Crippen molar-refractivity contribution >= 4 is 11.3 Å². The number of thiazole rings is 1. The second-order valence-corrected chi connectivity index (χ2v) is 6.28. The molecule has 2 aliphatic carbocycles. The average molecular weight is 222 g/mol. The second kappa shape index (κ2) is 3.29. The van der Waals surface area contributed by atoms with Crippen LogP contribution >= 0.6 is 11.3 Å². The maximum absolute atomic E-state index is 6.23. The van der Waals surface area contributed by atoms with Gasteiger partial charge in [-0.1, -0.05) is 6.92 Å². The highest BCUT2D eigenvalue weighted by molar-refractivity contribution is 7.09. The van der Waals surface area contributed by atoms with Gasteiger partial charge in [0.15, 0.2) is 0 Å². The van der Waals surface area contributed by atoms with Crippen LogP contribution in [0.1, 0.15) is 49.2 Å². The monoisotopic (exact) mass is 222 g/mol. The summed E-state index contributed by atoms with van der Waals surface area (Å²) in [5.74, 6) is 1.62. The molecule has 1 aromatic rings. The summed E-state index contributed by atoms with van der Waals surface area (Å²) in [7, 11) is 0. The summed E-state index contributed by atoms with van der Waals surface area (Å²) in [5, 5.41) is 3.56. The molecular formula is C12H18N2S. The molecule has 3 heteroatoms. The first-order valence-corrected chi connectivity index (χ1v) is 6.77. The van der Waals surface area contributed by atoms with E-state index < -0.39 is 0 Å². The quantitative estimate of drug-likeness (QED) is 0.854. The number of aromatic nitrogens is 1. The van der Waals surface area contributed by atoms with E-state index in [0.29, 0.717) is 0 Å². The highest BCUT2D eigenvalue weighted by Gasteiger charge is 2.37. The molecule has 0 aromatic carbocycles. The highest BCUT2D eigenvalue weighted by Crippen LogP contribution is 2.48. The molecule has 0 aliphatic heterocycles. The van der Waals surface area contributed by atoms with E-state index in [0.717, 1.165) is 18.3 Å². The van der Waals surface area contributed by atoms with E-state index in [-0.39, 0.29) is 5.54 Å². The van der Waals surface area contributed by atoms with Crippen molar-refractivity contribution in [2.75, 3.05) is 0 Å². The number of nitrogens with two attached hydrogens (primary N) is 1. The molecule has 1 heterocycles. The van der Waals surface area contributed by atoms with Crippen LogP contribution in [0.2, 0.25) is 0 Å². The fourth-order valence-corrected chi connectivity index (χ4v) is 3.47. The fourth-order valence-electron chi connectivity index (χ4n) is 2.41. The van der Waals surface area contributed by atoms with Gasteiger partial charge in [-0.05, 0) is 31.6 Å². The van der Waals surface area contributed by atoms with Crippen LogP contribution in [0.4, 0.5) is 0 Å². The third kappa shape index (κ3) is 1.83. The molecular weight excluding hydrogens is 204 g/mol. The molecule has 15 heavy (non-hydrogen) atoms. The van der Waals surface area contributed by atoms with E-state index in [2.05, 4.69) is 12.3 Å². The minimum atomic E-state index is 0.0838. The Morgan fingerprint density at radius 1 is 1.60 bits per heavy atom. The van der Waals surface area contributed by atoms with Crippen molar-refractivity contribution in [2.45, 2.75) is 50.5 Å². The predicted octanol–water partition coefficient (Wildman–Crippen LogP) is 2.69. The molecule has 2 nitrogen and oxygen atoms in total. The van der Waals surface area contributed by atoms with Crippen molar-refractivity contribution in [1.29, 1.82) is 0 Å². The van der Waals surface area contributed by atoms with Gasteiger partial charge in [0, 0.05) is 23.3 Å². The summed E-state index contributed by atoms with van der Waals surface area (Å²) >= 11 is 1.83. The van der Waals surface area contributed by atoms with Crippen molar-refractivity contribution in [3.63, 3.8) is 0 Å². The zero-order chi connectivity index (χ0) is 10.5. The number of hydrogen-bond acceptors (Lipinski definition) is 3. The molecule has 2 fully saturated rings. The van der Waals surface area contributed by atoms with E-state index in [1.54, 1.807) is 0 Å². The average Bonchev–Trinajstić information content (AvgIpc) is 2.71. The Hall–Kier alpha value is -0.410. The normalized spacial score (nSPS) is 32.4. The van der Waals surface area contributed by atoms with Crippen molar-refractivity contribution in [3.05, 3.63) is 16.1 Å². The molecule has 0 spiro atoms. The van der Waals surface area contributed by atoms with Crippen molar-refractivity contribution in [1.82, 2.24) is 4.98 Å². The summed E-state index contributed by atoms with van der Waals surface area (Å²) < 4.78 is 0. The number of rotatable bonds is 3. The van der Waals surface area contributed by atoms with Gasteiger partial charge in [-0.2, -0.15) is 0 Å². The standard InChI is InChI=1S/C12H18N2S/c1-8-5-10(8)11-14-9(7-15-11)6-12(13)3-2-4-12/h7-8,10H,2-6,13H2,1H3. The van der Waals surface area contributed by atoms with Crippen LogP contribution in [0.3, 0.4) is 0 Å². The van der Waals surface area contributed by atoms with Gasteiger partial charge in [-0.15, -0.1) is 11.3 Å². The molecule has 2 N–H and O–H groups in total. The Morgan fingerprint density at radius 3 is 2.87 bits per heavy atom. The molecule has 0 saturated heterocycles. The topological polar surface area (TPSA) is 38.9 Å². The zero-order valence-electron chi connectivity index (χ0n) is 9.20. The Labute approximate surface area is 94.9 Å². The van der Waals surface area contributed by atoms with Gasteiger partial charge in [0.05, 0.1) is 10.7 Å². The molecule has 82 valence electrons. The van der Waals surface area contributed by atoms with Gasteiger partial charge >= 0.3 is 0 Å². The van der Waals surface area contributed by atoms with E-state index in [9.17, 15) is 0 Å². The van der Waals surface area contributed by atoms with Crippen LogP contribution in [0.25, 0.3) is 0 Å². The van der Waals surface area contributed by atoms with E-state index in [1.807, 2.05) is 11.3 Å². The highest BCUT2D eigenvalue weighted by atomic mass is 32.1. The third-order valence-electron chi connectivity index (χ3n) is 3.88. The van der Waals surface area contributed by atoms with Crippen molar-refractivity contribution < 1.29 is 0 Å². The molecule has 0 amide bonds. The summed E-state index contributed by atoms with van der Waals surface area (Å²) in [6.45, 7) is 2.31. The smallest absolute Gasteiger partial charge is 0.0962 e. The predicted molar refractivity (Wildman–Crippen MR) is 63.1 cm³/mol. The van der Waals surface area contributed by atoms with Crippen LogP contribution in [-0.2, 0) is 6.42 Å². The van der Waals surface area contributed by atoms with Gasteiger partial charge in [0.25, 0.3) is 0 Å². The van der Waals surface area contributed by atoms with Gasteiger partial charge in [0.1, 0.15) is 0 Å². The second-order valence-electron chi connectivity index (χ2n) is 5.39. The maximum atomic E-state index is 6.23. The van der Waals surface area contributed by atoms with Crippen LogP contribution in [0, 0.1) is 5.92 Å². The van der Waals surface area contributed by atoms with Crippen LogP contribution in [0.5, 0.6) is 0 Å². The van der Waals surface area contributed by atoms with Gasteiger partial charge in [0.2, 0.25) is 0 Å². The minimum absolute atomic E-state index is 0.0838. The molecule has 2 unspecified atom stereocenters. The third-order valence-corrected chi connectivity index (χ3v) is 4.90. The first-order chi connectivity index (χ1) is 7.16. The van der Waals surface area contributed by atoms with E-state index in [4.69, 9.17) is 10.7 Å². The maximum Gasteiger partial charge on any atom is 0.0962 e. The lowest BCUT2D eigenvalue weighted by Crippen LogP contribution is -2.48. The summed E-state index contributed by atoms with van der Waals surface area (Å²) in [6.07, 6.45) is 5.98. The number of hydrogen-bond donors (Lipinski definition) is 1. The molecule has 2 aliphatic rings. The van der Waals surface area contributed by atoms with Crippen molar-refractivity contribution in [3.8, 4) is 0 Å². The van der Waals surface area contributed by atoms with E-state index in [1.165, 1.54) is 36.4 Å². The van der Waals surface area contributed by atoms with Crippen LogP contribution in [0.15, 0.2) is 5.38 Å². The largest absolute Gasteiger partial charge is 0.325 e. The Kier molecular flexibility index (Phi) is 2.15. The minimum Gasteiger partial charge on any atom is -0.325 e. The molecule has 2 saturated carbocycles. The first-order valence-electron chi connectivity index (χ1n) is 5.89. The molecule has 3 rings (SSSR count). The Morgan fingerprint density at radius 2 is 2.33 bits per heavy atom. The summed E-state index contributed by atoms with van der Waals surface area (Å²) in [6, 6.07) is 0. The lowest BCUT2D eigenvalue weighted by Gasteiger charge is -2.37. The van der Waals surface area contributed by atoms with Gasteiger partial charge < -0.3 is 5.73 Å². The lowest BCUT2D eigenvalue weighted by molar-refractivity contribution is 0.246. The fraction of sp³-hybridized carbons (Fsp3) is 0.750. The molecule has 0 radical (unpaired) electrons. The Balaban J connectivity index is 1.68.